The largest absolute Gasteiger partial charge is 0.385 e. The van der Waals surface area contributed by atoms with Crippen LogP contribution in [0.5, 0.6) is 0 Å². The first-order valence-electron chi connectivity index (χ1n) is 7.60. The third-order valence-electron chi connectivity index (χ3n) is 3.16. The Morgan fingerprint density at radius 1 is 1.15 bits per heavy atom. The Balaban J connectivity index is 2.78. The third-order valence-corrected chi connectivity index (χ3v) is 3.16. The zero-order valence-corrected chi connectivity index (χ0v) is 13.4. The molecule has 0 aromatic heterocycles. The number of hydrogen-bond acceptors (Lipinski definition) is 2. The van der Waals surface area contributed by atoms with Crippen LogP contribution in [-0.2, 0) is 0 Å². The van der Waals surface area contributed by atoms with Crippen molar-refractivity contribution in [2.75, 3.05) is 18.4 Å². The summed E-state index contributed by atoms with van der Waals surface area (Å²) in [5.74, 6) is 0.600. The fourth-order valence-corrected chi connectivity index (χ4v) is 2.09. The van der Waals surface area contributed by atoms with Crippen LogP contribution in [0.25, 0.3) is 0 Å². The number of rotatable bonds is 7. The van der Waals surface area contributed by atoms with Gasteiger partial charge in [0.1, 0.15) is 0 Å². The summed E-state index contributed by atoms with van der Waals surface area (Å²) in [6.45, 7) is 12.3. The van der Waals surface area contributed by atoms with Gasteiger partial charge in [0, 0.05) is 30.4 Å². The zero-order valence-electron chi connectivity index (χ0n) is 13.4. The van der Waals surface area contributed by atoms with Gasteiger partial charge in [-0.15, -0.1) is 0 Å². The Hall–Kier alpha value is -1.51. The molecular formula is C17H28N2O. The van der Waals surface area contributed by atoms with Crippen LogP contribution in [-0.4, -0.2) is 29.9 Å². The van der Waals surface area contributed by atoms with E-state index in [4.69, 9.17) is 0 Å². The van der Waals surface area contributed by atoms with E-state index in [1.165, 1.54) is 0 Å². The minimum Gasteiger partial charge on any atom is -0.385 e. The lowest BCUT2D eigenvalue weighted by Crippen LogP contribution is -2.39. The summed E-state index contributed by atoms with van der Waals surface area (Å²) in [7, 11) is 0. The van der Waals surface area contributed by atoms with E-state index in [1.54, 1.807) is 0 Å². The second kappa shape index (κ2) is 7.93. The Labute approximate surface area is 123 Å². The molecule has 0 bridgehead atoms. The molecule has 1 aromatic carbocycles. The van der Waals surface area contributed by atoms with Crippen LogP contribution in [0.3, 0.4) is 0 Å². The molecule has 0 radical (unpaired) electrons. The van der Waals surface area contributed by atoms with E-state index in [0.717, 1.165) is 30.8 Å². The van der Waals surface area contributed by atoms with Crippen molar-refractivity contribution in [2.24, 2.45) is 5.92 Å². The number of hydrogen-bond donors (Lipinski definition) is 1. The Bertz CT molecular complexity index is 410. The van der Waals surface area contributed by atoms with E-state index in [2.05, 4.69) is 39.9 Å². The number of anilines is 1. The minimum absolute atomic E-state index is 0.121. The lowest BCUT2D eigenvalue weighted by atomic mass is 10.1. The number of carbonyl (C=O) groups is 1. The van der Waals surface area contributed by atoms with E-state index in [-0.39, 0.29) is 11.9 Å². The van der Waals surface area contributed by atoms with E-state index in [1.807, 2.05) is 29.2 Å². The van der Waals surface area contributed by atoms with Gasteiger partial charge < -0.3 is 10.2 Å². The predicted molar refractivity (Wildman–Crippen MR) is 86.2 cm³/mol. The van der Waals surface area contributed by atoms with Crippen molar-refractivity contribution in [3.63, 3.8) is 0 Å². The second-order valence-corrected chi connectivity index (χ2v) is 5.95. The molecule has 0 aliphatic heterocycles. The molecule has 0 atom stereocenters. The van der Waals surface area contributed by atoms with Gasteiger partial charge in [0.05, 0.1) is 0 Å². The maximum Gasteiger partial charge on any atom is 0.254 e. The normalized spacial score (nSPS) is 10.9. The van der Waals surface area contributed by atoms with E-state index in [9.17, 15) is 4.79 Å². The summed E-state index contributed by atoms with van der Waals surface area (Å²) in [6, 6.07) is 8.02. The SMILES string of the molecule is CCCNc1ccc(C(=O)N(CC(C)C)C(C)C)cc1. The third kappa shape index (κ3) is 4.87. The molecule has 3 nitrogen and oxygen atoms in total. The second-order valence-electron chi connectivity index (χ2n) is 5.95. The van der Waals surface area contributed by atoms with E-state index in [0.29, 0.717) is 5.92 Å². The average Bonchev–Trinajstić information content (AvgIpc) is 2.42. The smallest absolute Gasteiger partial charge is 0.254 e. The van der Waals surface area contributed by atoms with Gasteiger partial charge in [0.15, 0.2) is 0 Å². The van der Waals surface area contributed by atoms with Crippen molar-refractivity contribution in [3.8, 4) is 0 Å². The Morgan fingerprint density at radius 2 is 1.75 bits per heavy atom. The predicted octanol–water partition coefficient (Wildman–Crippen LogP) is 4.02. The van der Waals surface area contributed by atoms with Gasteiger partial charge >= 0.3 is 0 Å². The van der Waals surface area contributed by atoms with Crippen LogP contribution < -0.4 is 5.32 Å². The molecule has 0 saturated heterocycles. The molecular weight excluding hydrogens is 248 g/mol. The highest BCUT2D eigenvalue weighted by Crippen LogP contribution is 2.14. The molecule has 112 valence electrons. The number of benzene rings is 1. The van der Waals surface area contributed by atoms with Crippen molar-refractivity contribution in [2.45, 2.75) is 47.1 Å². The topological polar surface area (TPSA) is 32.3 Å². The minimum atomic E-state index is 0.121. The average molecular weight is 276 g/mol. The van der Waals surface area contributed by atoms with E-state index >= 15 is 0 Å². The summed E-state index contributed by atoms with van der Waals surface area (Å²) >= 11 is 0. The van der Waals surface area contributed by atoms with Gasteiger partial charge in [-0.25, -0.2) is 0 Å². The van der Waals surface area contributed by atoms with Crippen LogP contribution in [0.4, 0.5) is 5.69 Å². The lowest BCUT2D eigenvalue weighted by molar-refractivity contribution is 0.0682. The fourth-order valence-electron chi connectivity index (χ4n) is 2.09. The number of nitrogens with zero attached hydrogens (tertiary/aromatic N) is 1. The summed E-state index contributed by atoms with van der Waals surface area (Å²) in [5.41, 5.74) is 1.84. The molecule has 0 aliphatic rings. The molecule has 0 unspecified atom stereocenters. The molecule has 0 fully saturated rings. The first-order valence-corrected chi connectivity index (χ1v) is 7.60. The first-order chi connectivity index (χ1) is 9.45. The van der Waals surface area contributed by atoms with Crippen molar-refractivity contribution in [1.29, 1.82) is 0 Å². The summed E-state index contributed by atoms with van der Waals surface area (Å²) in [6.07, 6.45) is 1.09. The molecule has 1 aromatic rings. The Kier molecular flexibility index (Phi) is 6.56. The monoisotopic (exact) mass is 276 g/mol. The van der Waals surface area contributed by atoms with Gasteiger partial charge in [-0.2, -0.15) is 0 Å². The van der Waals surface area contributed by atoms with Crippen LogP contribution >= 0.6 is 0 Å². The molecule has 1 rings (SSSR count). The highest BCUT2D eigenvalue weighted by Gasteiger charge is 2.19. The van der Waals surface area contributed by atoms with Crippen LogP contribution in [0, 0.1) is 5.92 Å². The number of nitrogens with one attached hydrogen (secondary N) is 1. The zero-order chi connectivity index (χ0) is 15.1. The standard InChI is InChI=1S/C17H28N2O/c1-6-11-18-16-9-7-15(8-10-16)17(20)19(14(4)5)12-13(2)3/h7-10,13-14,18H,6,11-12H2,1-5H3. The molecule has 20 heavy (non-hydrogen) atoms. The summed E-state index contributed by atoms with van der Waals surface area (Å²) in [4.78, 5) is 14.5. The van der Waals surface area contributed by atoms with Gasteiger partial charge in [-0.05, 0) is 50.5 Å². The molecule has 1 amide bonds. The molecule has 0 aliphatic carbocycles. The van der Waals surface area contributed by atoms with Crippen molar-refractivity contribution < 1.29 is 4.79 Å². The lowest BCUT2D eigenvalue weighted by Gasteiger charge is -2.28. The maximum atomic E-state index is 12.6. The molecule has 0 saturated carbocycles. The van der Waals surface area contributed by atoms with Gasteiger partial charge in [0.25, 0.3) is 5.91 Å². The van der Waals surface area contributed by atoms with Gasteiger partial charge in [-0.3, -0.25) is 4.79 Å². The van der Waals surface area contributed by atoms with E-state index < -0.39 is 0 Å². The summed E-state index contributed by atoms with van der Waals surface area (Å²) < 4.78 is 0. The molecule has 3 heteroatoms. The van der Waals surface area contributed by atoms with Gasteiger partial charge in [-0.1, -0.05) is 20.8 Å². The van der Waals surface area contributed by atoms with Crippen molar-refractivity contribution in [3.05, 3.63) is 29.8 Å². The number of carbonyl (C=O) groups excluding carboxylic acids is 1. The van der Waals surface area contributed by atoms with Crippen LogP contribution in [0.2, 0.25) is 0 Å². The van der Waals surface area contributed by atoms with Crippen LogP contribution in [0.15, 0.2) is 24.3 Å². The first kappa shape index (κ1) is 16.5. The number of amides is 1. The van der Waals surface area contributed by atoms with Crippen molar-refractivity contribution >= 4 is 11.6 Å². The van der Waals surface area contributed by atoms with Crippen molar-refractivity contribution in [1.82, 2.24) is 4.90 Å². The van der Waals surface area contributed by atoms with Crippen LogP contribution in [0.1, 0.15) is 51.4 Å². The highest BCUT2D eigenvalue weighted by molar-refractivity contribution is 5.94. The highest BCUT2D eigenvalue weighted by atomic mass is 16.2. The maximum absolute atomic E-state index is 12.6. The summed E-state index contributed by atoms with van der Waals surface area (Å²) in [5, 5.41) is 3.32. The van der Waals surface area contributed by atoms with Gasteiger partial charge in [0.2, 0.25) is 0 Å². The molecule has 0 heterocycles. The molecule has 0 spiro atoms. The Morgan fingerprint density at radius 3 is 2.20 bits per heavy atom. The quantitative estimate of drug-likeness (QED) is 0.816. The molecule has 1 N–H and O–H groups in total. The fraction of sp³-hybridized carbons (Fsp3) is 0.588.